The molecule has 0 radical (unpaired) electrons. The molecule has 3 aromatic rings. The van der Waals surface area contributed by atoms with Crippen molar-refractivity contribution in [1.29, 1.82) is 0 Å². The summed E-state index contributed by atoms with van der Waals surface area (Å²) >= 11 is 0. The molecule has 3 aromatic carbocycles. The van der Waals surface area contributed by atoms with Crippen LogP contribution >= 0.6 is 0 Å². The second-order valence-corrected chi connectivity index (χ2v) is 9.68. The summed E-state index contributed by atoms with van der Waals surface area (Å²) in [5.41, 5.74) is 5.64. The zero-order chi connectivity index (χ0) is 26.9. The fourth-order valence-corrected chi connectivity index (χ4v) is 4.98. The second kappa shape index (κ2) is 12.9. The van der Waals surface area contributed by atoms with Crippen LogP contribution < -0.4 is 5.32 Å². The Morgan fingerprint density at radius 2 is 1.53 bits per heavy atom. The number of hydrogen-bond donors (Lipinski definition) is 2. The first kappa shape index (κ1) is 26.9. The molecule has 7 nitrogen and oxygen atoms in total. The number of carbonyl (C=O) groups is 3. The maximum atomic E-state index is 13.1. The molecule has 0 aliphatic heterocycles. The largest absolute Gasteiger partial charge is 0.481 e. The van der Waals surface area contributed by atoms with E-state index < -0.39 is 12.1 Å². The summed E-state index contributed by atoms with van der Waals surface area (Å²) in [6.07, 6.45) is 0.600. The van der Waals surface area contributed by atoms with E-state index in [1.165, 1.54) is 11.1 Å². The number of nitrogens with one attached hydrogen (secondary N) is 1. The maximum Gasteiger partial charge on any atom is 0.407 e. The highest BCUT2D eigenvalue weighted by Gasteiger charge is 2.29. The first-order chi connectivity index (χ1) is 18.4. The average molecular weight is 515 g/mol. The number of rotatable bonds is 12. The van der Waals surface area contributed by atoms with Crippen LogP contribution in [0.5, 0.6) is 0 Å². The normalized spacial score (nSPS) is 12.8. The summed E-state index contributed by atoms with van der Waals surface area (Å²) in [4.78, 5) is 38.2. The van der Waals surface area contributed by atoms with Gasteiger partial charge in [0, 0.05) is 31.5 Å². The molecule has 1 unspecified atom stereocenters. The van der Waals surface area contributed by atoms with Crippen LogP contribution in [-0.2, 0) is 20.9 Å². The number of alkyl carbamates (subject to hydrolysis) is 1. The van der Waals surface area contributed by atoms with Crippen molar-refractivity contribution < 1.29 is 24.2 Å². The van der Waals surface area contributed by atoms with Gasteiger partial charge in [-0.15, -0.1) is 0 Å². The van der Waals surface area contributed by atoms with Gasteiger partial charge in [-0.1, -0.05) is 85.8 Å². The van der Waals surface area contributed by atoms with Gasteiger partial charge in [-0.25, -0.2) is 4.79 Å². The monoisotopic (exact) mass is 514 g/mol. The maximum absolute atomic E-state index is 13.1. The second-order valence-electron chi connectivity index (χ2n) is 9.68. The number of ether oxygens (including phenoxy) is 1. The van der Waals surface area contributed by atoms with Crippen molar-refractivity contribution in [2.75, 3.05) is 19.7 Å². The molecule has 0 saturated carbocycles. The summed E-state index contributed by atoms with van der Waals surface area (Å²) in [7, 11) is 0. The lowest BCUT2D eigenvalue weighted by Gasteiger charge is -2.25. The lowest BCUT2D eigenvalue weighted by molar-refractivity contribution is -0.140. The number of nitrogens with zero attached hydrogens (tertiary/aromatic N) is 1. The van der Waals surface area contributed by atoms with Gasteiger partial charge in [-0.3, -0.25) is 9.59 Å². The van der Waals surface area contributed by atoms with E-state index in [0.29, 0.717) is 25.9 Å². The Hall–Kier alpha value is -4.13. The van der Waals surface area contributed by atoms with Crippen LogP contribution in [0.25, 0.3) is 11.1 Å². The van der Waals surface area contributed by atoms with Gasteiger partial charge in [-0.05, 0) is 40.7 Å². The summed E-state index contributed by atoms with van der Waals surface area (Å²) in [5.74, 6) is -1.31. The van der Waals surface area contributed by atoms with Crippen LogP contribution in [0, 0.1) is 5.92 Å². The Morgan fingerprint density at radius 1 is 0.921 bits per heavy atom. The fourth-order valence-electron chi connectivity index (χ4n) is 4.98. The van der Waals surface area contributed by atoms with Crippen molar-refractivity contribution >= 4 is 18.0 Å². The lowest BCUT2D eigenvalue weighted by atomic mass is 9.98. The molecule has 0 saturated heterocycles. The van der Waals surface area contributed by atoms with Crippen LogP contribution in [0.3, 0.4) is 0 Å². The summed E-state index contributed by atoms with van der Waals surface area (Å²) in [5, 5.41) is 11.9. The number of carboxylic acid groups (broad SMARTS) is 1. The SMILES string of the molecule is CC(CCCNC(=O)OCC1c2ccccc2-c2ccccc21)C(=O)N(CCC(=O)O)Cc1ccccc1. The van der Waals surface area contributed by atoms with Crippen LogP contribution in [-0.4, -0.2) is 47.7 Å². The molecule has 0 heterocycles. The molecule has 2 amide bonds. The number of carbonyl (C=O) groups excluding carboxylic acids is 2. The Labute approximate surface area is 223 Å². The van der Waals surface area contributed by atoms with Crippen molar-refractivity contribution in [1.82, 2.24) is 10.2 Å². The molecule has 38 heavy (non-hydrogen) atoms. The van der Waals surface area contributed by atoms with Crippen molar-refractivity contribution in [3.63, 3.8) is 0 Å². The molecule has 0 bridgehead atoms. The van der Waals surface area contributed by atoms with Gasteiger partial charge in [0.05, 0.1) is 6.42 Å². The van der Waals surface area contributed by atoms with Crippen LogP contribution in [0.1, 0.15) is 48.8 Å². The summed E-state index contributed by atoms with van der Waals surface area (Å²) < 4.78 is 5.57. The summed E-state index contributed by atoms with van der Waals surface area (Å²) in [6, 6.07) is 25.9. The molecule has 7 heteroatoms. The van der Waals surface area contributed by atoms with Crippen molar-refractivity contribution in [3.8, 4) is 11.1 Å². The van der Waals surface area contributed by atoms with Crippen molar-refractivity contribution in [3.05, 3.63) is 95.6 Å². The molecule has 1 atom stereocenters. The van der Waals surface area contributed by atoms with Crippen LogP contribution in [0.15, 0.2) is 78.9 Å². The number of aliphatic carboxylic acids is 1. The molecule has 4 rings (SSSR count). The predicted molar refractivity (Wildman–Crippen MR) is 146 cm³/mol. The zero-order valence-corrected chi connectivity index (χ0v) is 21.6. The minimum Gasteiger partial charge on any atom is -0.481 e. The molecule has 1 aliphatic carbocycles. The number of amides is 2. The van der Waals surface area contributed by atoms with E-state index in [4.69, 9.17) is 9.84 Å². The first-order valence-corrected chi connectivity index (χ1v) is 13.1. The third-order valence-electron chi connectivity index (χ3n) is 6.97. The van der Waals surface area contributed by atoms with Gasteiger partial charge in [0.2, 0.25) is 5.91 Å². The van der Waals surface area contributed by atoms with E-state index >= 15 is 0 Å². The Morgan fingerprint density at radius 3 is 2.16 bits per heavy atom. The average Bonchev–Trinajstić information content (AvgIpc) is 3.25. The van der Waals surface area contributed by atoms with Gasteiger partial charge < -0.3 is 20.1 Å². The van der Waals surface area contributed by atoms with E-state index in [-0.39, 0.29) is 37.3 Å². The molecule has 1 aliphatic rings. The first-order valence-electron chi connectivity index (χ1n) is 13.1. The minimum absolute atomic E-state index is 0.00666. The van der Waals surface area contributed by atoms with E-state index in [9.17, 15) is 14.4 Å². The third-order valence-corrected chi connectivity index (χ3v) is 6.97. The highest BCUT2D eigenvalue weighted by molar-refractivity contribution is 5.80. The zero-order valence-electron chi connectivity index (χ0n) is 21.6. The Kier molecular flexibility index (Phi) is 9.14. The van der Waals surface area contributed by atoms with Gasteiger partial charge in [0.1, 0.15) is 6.61 Å². The Balaban J connectivity index is 1.23. The fraction of sp³-hybridized carbons (Fsp3) is 0.323. The topological polar surface area (TPSA) is 95.9 Å². The van der Waals surface area contributed by atoms with Crippen LogP contribution in [0.4, 0.5) is 4.79 Å². The van der Waals surface area contributed by atoms with Gasteiger partial charge in [0.25, 0.3) is 0 Å². The highest BCUT2D eigenvalue weighted by atomic mass is 16.5. The van der Waals surface area contributed by atoms with Gasteiger partial charge >= 0.3 is 12.1 Å². The number of hydrogen-bond acceptors (Lipinski definition) is 4. The van der Waals surface area contributed by atoms with Gasteiger partial charge in [0.15, 0.2) is 0 Å². The van der Waals surface area contributed by atoms with Crippen molar-refractivity contribution in [2.24, 2.45) is 5.92 Å². The molecule has 0 fully saturated rings. The van der Waals surface area contributed by atoms with E-state index in [2.05, 4.69) is 29.6 Å². The van der Waals surface area contributed by atoms with E-state index in [1.54, 1.807) is 4.90 Å². The molecular formula is C31H34N2O5. The van der Waals surface area contributed by atoms with E-state index in [1.807, 2.05) is 61.5 Å². The predicted octanol–water partition coefficient (Wildman–Crippen LogP) is 5.44. The van der Waals surface area contributed by atoms with Crippen LogP contribution in [0.2, 0.25) is 0 Å². The standard InChI is InChI=1S/C31H34N2O5/c1-22(30(36)33(19-17-29(34)35)20-23-11-3-2-4-12-23)10-9-18-32-31(37)38-21-28-26-15-7-5-13-24(26)25-14-6-8-16-27(25)28/h2-8,11-16,22,28H,9-10,17-21H2,1H3,(H,32,37)(H,34,35). The lowest BCUT2D eigenvalue weighted by Crippen LogP contribution is -2.36. The number of benzene rings is 3. The van der Waals surface area contributed by atoms with E-state index in [0.717, 1.165) is 16.7 Å². The minimum atomic E-state index is -0.934. The summed E-state index contributed by atoms with van der Waals surface area (Å²) in [6.45, 7) is 3.02. The number of carboxylic acids is 1. The molecule has 2 N–H and O–H groups in total. The Bertz CT molecular complexity index is 1210. The van der Waals surface area contributed by atoms with Crippen molar-refractivity contribution in [2.45, 2.75) is 38.6 Å². The highest BCUT2D eigenvalue weighted by Crippen LogP contribution is 2.44. The van der Waals surface area contributed by atoms with Gasteiger partial charge in [-0.2, -0.15) is 0 Å². The molecule has 0 spiro atoms. The molecular weight excluding hydrogens is 480 g/mol. The number of fused-ring (bicyclic) bond motifs is 3. The third kappa shape index (κ3) is 6.79. The smallest absolute Gasteiger partial charge is 0.407 e. The quantitative estimate of drug-likeness (QED) is 0.314. The molecule has 0 aromatic heterocycles. The molecule has 198 valence electrons.